The Morgan fingerprint density at radius 1 is 1.14 bits per heavy atom. The van der Waals surface area contributed by atoms with Crippen molar-refractivity contribution in [1.82, 2.24) is 0 Å². The Balaban J connectivity index is 2.48. The average molecular weight is 200 g/mol. The lowest BCUT2D eigenvalue weighted by Crippen LogP contribution is -2.38. The van der Waals surface area contributed by atoms with Crippen LogP contribution in [0.1, 0.15) is 27.7 Å². The largest absolute Gasteiger partial charge is 0.382 e. The molecule has 1 fully saturated rings. The Bertz CT molecular complexity index is 173. The fraction of sp³-hybridized carbons (Fsp3) is 1.00. The molecule has 1 aliphatic heterocycles. The zero-order chi connectivity index (χ0) is 10.7. The van der Waals surface area contributed by atoms with Crippen molar-refractivity contribution >= 4 is 7.85 Å². The topological polar surface area (TPSA) is 27.7 Å². The molecule has 1 unspecified atom stereocenters. The molecular weight excluding hydrogens is 179 g/mol. The third-order valence-corrected chi connectivity index (χ3v) is 2.23. The quantitative estimate of drug-likeness (QED) is 0.620. The number of ether oxygens (including phenoxy) is 3. The highest BCUT2D eigenvalue weighted by Crippen LogP contribution is 2.21. The van der Waals surface area contributed by atoms with E-state index in [4.69, 9.17) is 14.2 Å². The minimum atomic E-state index is 0.0809. The first-order valence-corrected chi connectivity index (χ1v) is 5.43. The second-order valence-electron chi connectivity index (χ2n) is 4.41. The normalized spacial score (nSPS) is 33.1. The molecule has 0 amide bonds. The lowest BCUT2D eigenvalue weighted by atomic mass is 9.93. The van der Waals surface area contributed by atoms with Gasteiger partial charge in [0, 0.05) is 0 Å². The molecule has 0 spiro atoms. The van der Waals surface area contributed by atoms with Crippen molar-refractivity contribution in [3.63, 3.8) is 0 Å². The van der Waals surface area contributed by atoms with E-state index in [1.165, 1.54) is 0 Å². The molecule has 0 N–H and O–H groups in total. The van der Waals surface area contributed by atoms with E-state index >= 15 is 0 Å². The summed E-state index contributed by atoms with van der Waals surface area (Å²) in [6.45, 7) is 8.80. The molecule has 3 atom stereocenters. The van der Waals surface area contributed by atoms with Crippen LogP contribution in [0.2, 0.25) is 0 Å². The fourth-order valence-electron chi connectivity index (χ4n) is 1.72. The highest BCUT2D eigenvalue weighted by Gasteiger charge is 2.36. The Labute approximate surface area is 87.5 Å². The van der Waals surface area contributed by atoms with E-state index in [-0.39, 0.29) is 30.4 Å². The van der Waals surface area contributed by atoms with Crippen LogP contribution in [0.25, 0.3) is 0 Å². The maximum Gasteiger partial charge on any atom is 0.142 e. The molecule has 1 rings (SSSR count). The molecule has 0 aromatic rings. The average Bonchev–Trinajstić information content (AvgIpc) is 2.34. The van der Waals surface area contributed by atoms with E-state index in [1.54, 1.807) is 0 Å². The molecule has 4 heteroatoms. The first-order chi connectivity index (χ1) is 6.50. The van der Waals surface area contributed by atoms with Crippen LogP contribution in [0.3, 0.4) is 0 Å². The van der Waals surface area contributed by atoms with Gasteiger partial charge in [-0.3, -0.25) is 0 Å². The maximum absolute atomic E-state index is 5.79. The van der Waals surface area contributed by atoms with E-state index in [2.05, 4.69) is 0 Å². The minimum Gasteiger partial charge on any atom is -0.382 e. The molecule has 0 aromatic carbocycles. The maximum atomic E-state index is 5.79. The van der Waals surface area contributed by atoms with Crippen LogP contribution in [0.5, 0.6) is 0 Å². The fourth-order valence-corrected chi connectivity index (χ4v) is 1.72. The summed E-state index contributed by atoms with van der Waals surface area (Å²) in [6.07, 6.45) is 0.624. The molecule has 1 saturated heterocycles. The van der Waals surface area contributed by atoms with Crippen LogP contribution >= 0.6 is 0 Å². The van der Waals surface area contributed by atoms with Gasteiger partial charge in [-0.1, -0.05) is 0 Å². The molecule has 1 aliphatic rings. The molecule has 0 radical (unpaired) electrons. The standard InChI is InChI=1S/C10H21BO3/c1-6(2)13-8-5-12-10(11)9(8)14-7(3)4/h6-10H,5,11H2,1-4H3/t8?,9-,10+/m0/s1. The van der Waals surface area contributed by atoms with Gasteiger partial charge in [0.1, 0.15) is 20.1 Å². The first-order valence-electron chi connectivity index (χ1n) is 5.43. The van der Waals surface area contributed by atoms with Crippen molar-refractivity contribution in [3.8, 4) is 0 Å². The van der Waals surface area contributed by atoms with E-state index in [9.17, 15) is 0 Å². The zero-order valence-electron chi connectivity index (χ0n) is 9.82. The van der Waals surface area contributed by atoms with E-state index in [0.717, 1.165) is 0 Å². The predicted molar refractivity (Wildman–Crippen MR) is 58.3 cm³/mol. The highest BCUT2D eigenvalue weighted by molar-refractivity contribution is 6.11. The van der Waals surface area contributed by atoms with Gasteiger partial charge in [0.05, 0.1) is 24.8 Å². The molecule has 0 saturated carbocycles. The van der Waals surface area contributed by atoms with Crippen molar-refractivity contribution < 1.29 is 14.2 Å². The van der Waals surface area contributed by atoms with E-state index < -0.39 is 0 Å². The predicted octanol–water partition coefficient (Wildman–Crippen LogP) is 0.563. The molecule has 1 heterocycles. The van der Waals surface area contributed by atoms with E-state index in [1.807, 2.05) is 35.5 Å². The van der Waals surface area contributed by atoms with Crippen molar-refractivity contribution in [2.45, 2.75) is 58.1 Å². The third kappa shape index (κ3) is 3.26. The molecule has 82 valence electrons. The Morgan fingerprint density at radius 2 is 1.71 bits per heavy atom. The Kier molecular flexibility index (Phi) is 4.42. The molecular formula is C10H21BO3. The molecule has 0 aliphatic carbocycles. The summed E-state index contributed by atoms with van der Waals surface area (Å²) in [4.78, 5) is 0. The minimum absolute atomic E-state index is 0.0809. The van der Waals surface area contributed by atoms with E-state index in [0.29, 0.717) is 6.61 Å². The number of rotatable bonds is 4. The summed E-state index contributed by atoms with van der Waals surface area (Å²) in [7, 11) is 2.04. The summed E-state index contributed by atoms with van der Waals surface area (Å²) in [6, 6.07) is 0.140. The van der Waals surface area contributed by atoms with Gasteiger partial charge >= 0.3 is 0 Å². The van der Waals surface area contributed by atoms with Gasteiger partial charge < -0.3 is 14.2 Å². The van der Waals surface area contributed by atoms with Crippen molar-refractivity contribution in [2.75, 3.05) is 6.61 Å². The monoisotopic (exact) mass is 200 g/mol. The Hall–Kier alpha value is -0.0551. The summed E-state index contributed by atoms with van der Waals surface area (Å²) in [5.74, 6) is 0. The van der Waals surface area contributed by atoms with Gasteiger partial charge in [0.2, 0.25) is 0 Å². The molecule has 14 heavy (non-hydrogen) atoms. The smallest absolute Gasteiger partial charge is 0.142 e. The first kappa shape index (κ1) is 12.0. The van der Waals surface area contributed by atoms with Gasteiger partial charge in [-0.05, 0) is 27.7 Å². The lowest BCUT2D eigenvalue weighted by molar-refractivity contribution is -0.0892. The van der Waals surface area contributed by atoms with Crippen LogP contribution in [-0.2, 0) is 14.2 Å². The van der Waals surface area contributed by atoms with Gasteiger partial charge in [0.15, 0.2) is 0 Å². The van der Waals surface area contributed by atoms with Crippen molar-refractivity contribution in [1.29, 1.82) is 0 Å². The Morgan fingerprint density at radius 3 is 2.21 bits per heavy atom. The van der Waals surface area contributed by atoms with Crippen LogP contribution in [-0.4, -0.2) is 44.9 Å². The summed E-state index contributed by atoms with van der Waals surface area (Å²) < 4.78 is 17.1. The molecule has 3 nitrogen and oxygen atoms in total. The van der Waals surface area contributed by atoms with Crippen molar-refractivity contribution in [3.05, 3.63) is 0 Å². The van der Waals surface area contributed by atoms with Crippen molar-refractivity contribution in [2.24, 2.45) is 0 Å². The number of hydrogen-bond donors (Lipinski definition) is 0. The second kappa shape index (κ2) is 5.15. The van der Waals surface area contributed by atoms with Crippen LogP contribution in [0.4, 0.5) is 0 Å². The summed E-state index contributed by atoms with van der Waals surface area (Å²) in [5, 5.41) is 0. The van der Waals surface area contributed by atoms with Crippen LogP contribution in [0.15, 0.2) is 0 Å². The lowest BCUT2D eigenvalue weighted by Gasteiger charge is -2.25. The van der Waals surface area contributed by atoms with Gasteiger partial charge in [-0.15, -0.1) is 0 Å². The zero-order valence-corrected chi connectivity index (χ0v) is 9.82. The van der Waals surface area contributed by atoms with Crippen LogP contribution < -0.4 is 0 Å². The molecule has 0 bridgehead atoms. The second-order valence-corrected chi connectivity index (χ2v) is 4.41. The van der Waals surface area contributed by atoms with Gasteiger partial charge in [0.25, 0.3) is 0 Å². The highest BCUT2D eigenvalue weighted by atomic mass is 16.6. The summed E-state index contributed by atoms with van der Waals surface area (Å²) >= 11 is 0. The van der Waals surface area contributed by atoms with Crippen LogP contribution in [0, 0.1) is 0 Å². The van der Waals surface area contributed by atoms with Gasteiger partial charge in [-0.2, -0.15) is 0 Å². The van der Waals surface area contributed by atoms with Gasteiger partial charge in [-0.25, -0.2) is 0 Å². The summed E-state index contributed by atoms with van der Waals surface area (Å²) in [5.41, 5.74) is 0. The third-order valence-electron chi connectivity index (χ3n) is 2.23. The molecule has 0 aromatic heterocycles. The number of hydrogen-bond acceptors (Lipinski definition) is 3. The SMILES string of the molecule is B[C@@H]1OCC(OC(C)C)[C@@H]1OC(C)C.